The van der Waals surface area contributed by atoms with E-state index in [4.69, 9.17) is 0 Å². The molecule has 4 nitrogen and oxygen atoms in total. The average molecular weight is 321 g/mol. The molecule has 124 valence electrons. The molecule has 4 heteroatoms. The van der Waals surface area contributed by atoms with Gasteiger partial charge in [-0.05, 0) is 44.9 Å². The number of benzene rings is 1. The van der Waals surface area contributed by atoms with Crippen LogP contribution >= 0.6 is 0 Å². The fraction of sp³-hybridized carbons (Fsp3) is 0.300. The highest BCUT2D eigenvalue weighted by atomic mass is 16.1. The standard InChI is InChI=1S/C20H23N3O/c1-14-10-16-11-17(13-21-18(16)23(14)4)19(24)22-20(2,3)12-15-8-6-5-7-9-15/h5-11,13H,12H2,1-4H3,(H,22,24). The van der Waals surface area contributed by atoms with Crippen LogP contribution in [0, 0.1) is 6.92 Å². The summed E-state index contributed by atoms with van der Waals surface area (Å²) < 4.78 is 2.02. The summed E-state index contributed by atoms with van der Waals surface area (Å²) in [5.74, 6) is -0.0909. The minimum absolute atomic E-state index is 0.0909. The topological polar surface area (TPSA) is 46.9 Å². The molecule has 3 rings (SSSR count). The van der Waals surface area contributed by atoms with Crippen molar-refractivity contribution in [1.29, 1.82) is 0 Å². The van der Waals surface area contributed by atoms with Crippen LogP contribution < -0.4 is 5.32 Å². The van der Waals surface area contributed by atoms with Crippen LogP contribution in [0.4, 0.5) is 0 Å². The molecule has 0 saturated carbocycles. The van der Waals surface area contributed by atoms with Crippen molar-refractivity contribution in [2.75, 3.05) is 0 Å². The molecule has 24 heavy (non-hydrogen) atoms. The molecule has 0 spiro atoms. The summed E-state index contributed by atoms with van der Waals surface area (Å²) in [4.78, 5) is 17.1. The van der Waals surface area contributed by atoms with Crippen molar-refractivity contribution < 1.29 is 4.79 Å². The first kappa shape index (κ1) is 16.2. The molecule has 0 atom stereocenters. The molecular formula is C20H23N3O. The highest BCUT2D eigenvalue weighted by molar-refractivity contribution is 5.97. The number of nitrogens with one attached hydrogen (secondary N) is 1. The van der Waals surface area contributed by atoms with Crippen LogP contribution in [0.15, 0.2) is 48.7 Å². The first-order valence-electron chi connectivity index (χ1n) is 8.14. The predicted molar refractivity (Wildman–Crippen MR) is 97.1 cm³/mol. The molecule has 1 N–H and O–H groups in total. The fourth-order valence-corrected chi connectivity index (χ4v) is 3.00. The second kappa shape index (κ2) is 6.11. The zero-order valence-electron chi connectivity index (χ0n) is 14.6. The highest BCUT2D eigenvalue weighted by Gasteiger charge is 2.22. The Morgan fingerprint density at radius 2 is 1.92 bits per heavy atom. The summed E-state index contributed by atoms with van der Waals surface area (Å²) in [5.41, 5.74) is 3.48. The van der Waals surface area contributed by atoms with Gasteiger partial charge in [0.1, 0.15) is 5.65 Å². The number of aromatic nitrogens is 2. The highest BCUT2D eigenvalue weighted by Crippen LogP contribution is 2.18. The van der Waals surface area contributed by atoms with Crippen molar-refractivity contribution in [1.82, 2.24) is 14.9 Å². The van der Waals surface area contributed by atoms with Crippen molar-refractivity contribution in [2.24, 2.45) is 7.05 Å². The van der Waals surface area contributed by atoms with E-state index in [9.17, 15) is 4.79 Å². The van der Waals surface area contributed by atoms with Crippen molar-refractivity contribution in [3.8, 4) is 0 Å². The number of carbonyl (C=O) groups excluding carboxylic acids is 1. The quantitative estimate of drug-likeness (QED) is 0.797. The predicted octanol–water partition coefficient (Wildman–Crippen LogP) is 3.63. The van der Waals surface area contributed by atoms with Crippen LogP contribution in [0.3, 0.4) is 0 Å². The van der Waals surface area contributed by atoms with Crippen molar-refractivity contribution in [2.45, 2.75) is 32.7 Å². The third-order valence-electron chi connectivity index (χ3n) is 4.31. The molecule has 3 aromatic rings. The van der Waals surface area contributed by atoms with Gasteiger partial charge in [-0.3, -0.25) is 4.79 Å². The van der Waals surface area contributed by atoms with Crippen molar-refractivity contribution >= 4 is 16.9 Å². The summed E-state index contributed by atoms with van der Waals surface area (Å²) in [6.45, 7) is 6.11. The molecule has 0 unspecified atom stereocenters. The third-order valence-corrected chi connectivity index (χ3v) is 4.31. The van der Waals surface area contributed by atoms with E-state index in [1.807, 2.05) is 62.7 Å². The van der Waals surface area contributed by atoms with Crippen LogP contribution in [0.5, 0.6) is 0 Å². The van der Waals surface area contributed by atoms with Crippen molar-refractivity contribution in [3.63, 3.8) is 0 Å². The number of hydrogen-bond acceptors (Lipinski definition) is 2. The molecule has 1 aromatic carbocycles. The minimum Gasteiger partial charge on any atom is -0.347 e. The van der Waals surface area contributed by atoms with E-state index in [0.29, 0.717) is 5.56 Å². The van der Waals surface area contributed by atoms with E-state index in [-0.39, 0.29) is 11.4 Å². The van der Waals surface area contributed by atoms with Gasteiger partial charge >= 0.3 is 0 Å². The van der Waals surface area contributed by atoms with E-state index in [1.165, 1.54) is 5.56 Å². The first-order valence-corrected chi connectivity index (χ1v) is 8.14. The number of nitrogens with zero attached hydrogens (tertiary/aromatic N) is 2. The molecule has 2 aromatic heterocycles. The van der Waals surface area contributed by atoms with Gasteiger partial charge in [0.15, 0.2) is 0 Å². The zero-order valence-corrected chi connectivity index (χ0v) is 14.6. The van der Waals surface area contributed by atoms with Gasteiger partial charge in [-0.1, -0.05) is 30.3 Å². The number of fused-ring (bicyclic) bond motifs is 1. The maximum atomic E-state index is 12.6. The zero-order chi connectivity index (χ0) is 17.3. The van der Waals surface area contributed by atoms with E-state index < -0.39 is 0 Å². The molecule has 0 aliphatic heterocycles. The summed E-state index contributed by atoms with van der Waals surface area (Å²) in [6.07, 6.45) is 2.43. The van der Waals surface area contributed by atoms with Gasteiger partial charge in [0.25, 0.3) is 5.91 Å². The van der Waals surface area contributed by atoms with Crippen LogP contribution in [-0.2, 0) is 13.5 Å². The Hall–Kier alpha value is -2.62. The Morgan fingerprint density at radius 1 is 1.21 bits per heavy atom. The molecule has 0 fully saturated rings. The van der Waals surface area contributed by atoms with Crippen LogP contribution in [-0.4, -0.2) is 21.0 Å². The lowest BCUT2D eigenvalue weighted by Gasteiger charge is -2.26. The first-order chi connectivity index (χ1) is 11.4. The van der Waals surface area contributed by atoms with Gasteiger partial charge in [0.2, 0.25) is 0 Å². The summed E-state index contributed by atoms with van der Waals surface area (Å²) >= 11 is 0. The van der Waals surface area contributed by atoms with Crippen molar-refractivity contribution in [3.05, 3.63) is 65.5 Å². The van der Waals surface area contributed by atoms with Crippen LogP contribution in [0.25, 0.3) is 11.0 Å². The van der Waals surface area contributed by atoms with E-state index in [1.54, 1.807) is 6.20 Å². The summed E-state index contributed by atoms with van der Waals surface area (Å²) in [6, 6.07) is 14.1. The smallest absolute Gasteiger partial charge is 0.253 e. The number of pyridine rings is 1. The average Bonchev–Trinajstić information content (AvgIpc) is 2.81. The summed E-state index contributed by atoms with van der Waals surface area (Å²) in [5, 5.41) is 4.11. The molecule has 0 aliphatic carbocycles. The molecule has 2 heterocycles. The Balaban J connectivity index is 1.78. The summed E-state index contributed by atoms with van der Waals surface area (Å²) in [7, 11) is 1.98. The molecule has 1 amide bonds. The third kappa shape index (κ3) is 3.32. The van der Waals surface area contributed by atoms with Gasteiger partial charge in [-0.15, -0.1) is 0 Å². The number of rotatable bonds is 4. The molecule has 0 aliphatic rings. The molecule has 0 bridgehead atoms. The SMILES string of the molecule is Cc1cc2cc(C(=O)NC(C)(C)Cc3ccccc3)cnc2n1C. The van der Waals surface area contributed by atoms with E-state index in [2.05, 4.69) is 22.4 Å². The maximum absolute atomic E-state index is 12.6. The second-order valence-corrected chi connectivity index (χ2v) is 6.98. The Kier molecular flexibility index (Phi) is 4.14. The van der Waals surface area contributed by atoms with Gasteiger partial charge in [0.05, 0.1) is 5.56 Å². The van der Waals surface area contributed by atoms with E-state index >= 15 is 0 Å². The Labute approximate surface area is 142 Å². The van der Waals surface area contributed by atoms with Crippen LogP contribution in [0.2, 0.25) is 0 Å². The van der Waals surface area contributed by atoms with Gasteiger partial charge in [-0.2, -0.15) is 0 Å². The molecule has 0 radical (unpaired) electrons. The minimum atomic E-state index is -0.333. The van der Waals surface area contributed by atoms with Crippen LogP contribution in [0.1, 0.15) is 35.5 Å². The lowest BCUT2D eigenvalue weighted by molar-refractivity contribution is 0.0913. The van der Waals surface area contributed by atoms with Gasteiger partial charge in [0, 0.05) is 29.9 Å². The Morgan fingerprint density at radius 3 is 2.62 bits per heavy atom. The monoisotopic (exact) mass is 321 g/mol. The maximum Gasteiger partial charge on any atom is 0.253 e. The number of carbonyl (C=O) groups is 1. The normalized spacial score (nSPS) is 11.7. The lowest BCUT2D eigenvalue weighted by Crippen LogP contribution is -2.45. The van der Waals surface area contributed by atoms with E-state index in [0.717, 1.165) is 23.1 Å². The number of hydrogen-bond donors (Lipinski definition) is 1. The van der Waals surface area contributed by atoms with Gasteiger partial charge < -0.3 is 9.88 Å². The number of aryl methyl sites for hydroxylation is 2. The molecular weight excluding hydrogens is 298 g/mol. The fourth-order valence-electron chi connectivity index (χ4n) is 3.00. The number of amides is 1. The Bertz CT molecular complexity index is 879. The molecule has 0 saturated heterocycles. The lowest BCUT2D eigenvalue weighted by atomic mass is 9.94. The second-order valence-electron chi connectivity index (χ2n) is 6.98. The largest absolute Gasteiger partial charge is 0.347 e. The van der Waals surface area contributed by atoms with Gasteiger partial charge in [-0.25, -0.2) is 4.98 Å².